The number of carbonyl (C=O) groups is 1. The minimum absolute atomic E-state index is 0.0809. The van der Waals surface area contributed by atoms with Crippen LogP contribution in [0.1, 0.15) is 23.6 Å². The molecule has 0 bridgehead atoms. The summed E-state index contributed by atoms with van der Waals surface area (Å²) in [5.74, 6) is -0.445. The maximum absolute atomic E-state index is 11.5. The van der Waals surface area contributed by atoms with Gasteiger partial charge in [0.05, 0.1) is 19.8 Å². The van der Waals surface area contributed by atoms with Gasteiger partial charge >= 0.3 is 5.97 Å². The van der Waals surface area contributed by atoms with Crippen LogP contribution in [-0.4, -0.2) is 48.4 Å². The molecule has 1 aliphatic heterocycles. The highest BCUT2D eigenvalue weighted by Crippen LogP contribution is 2.30. The highest BCUT2D eigenvalue weighted by molar-refractivity contribution is 5.65. The average Bonchev–Trinajstić information content (AvgIpc) is 2.91. The molecule has 0 saturated carbocycles. The van der Waals surface area contributed by atoms with E-state index in [9.17, 15) is 9.90 Å². The number of ether oxygens (including phenoxy) is 5. The molecule has 3 aromatic rings. The Balaban J connectivity index is 1.57. The third-order valence-corrected chi connectivity index (χ3v) is 5.92. The molecular formula is C29H32O7. The number of carbonyl (C=O) groups excluding carboxylic acids is 1. The molecule has 0 amide bonds. The Kier molecular flexibility index (Phi) is 9.61. The van der Waals surface area contributed by atoms with Crippen molar-refractivity contribution < 1.29 is 33.6 Å². The van der Waals surface area contributed by atoms with Crippen LogP contribution >= 0.6 is 0 Å². The summed E-state index contributed by atoms with van der Waals surface area (Å²) in [6.45, 7) is 2.08. The molecular weight excluding hydrogens is 460 g/mol. The van der Waals surface area contributed by atoms with Crippen molar-refractivity contribution in [3.05, 3.63) is 108 Å². The van der Waals surface area contributed by atoms with Gasteiger partial charge in [-0.05, 0) is 16.7 Å². The van der Waals surface area contributed by atoms with Crippen LogP contribution in [0, 0.1) is 0 Å². The molecule has 5 atom stereocenters. The third kappa shape index (κ3) is 7.46. The summed E-state index contributed by atoms with van der Waals surface area (Å²) in [5, 5.41) is 10.9. The van der Waals surface area contributed by atoms with Crippen molar-refractivity contribution in [1.29, 1.82) is 0 Å². The molecule has 0 aromatic heterocycles. The van der Waals surface area contributed by atoms with Crippen LogP contribution in [0.15, 0.2) is 91.0 Å². The predicted octanol–water partition coefficient (Wildman–Crippen LogP) is 4.02. The minimum Gasteiger partial charge on any atom is -0.463 e. The number of aliphatic hydroxyl groups excluding tert-OH is 1. The van der Waals surface area contributed by atoms with Crippen molar-refractivity contribution in [2.24, 2.45) is 0 Å². The molecule has 1 aliphatic rings. The first-order valence-corrected chi connectivity index (χ1v) is 12.0. The van der Waals surface area contributed by atoms with E-state index < -0.39 is 36.7 Å². The lowest BCUT2D eigenvalue weighted by molar-refractivity contribution is -0.315. The normalized spacial score (nSPS) is 23.8. The summed E-state index contributed by atoms with van der Waals surface area (Å²) < 4.78 is 29.9. The molecule has 36 heavy (non-hydrogen) atoms. The van der Waals surface area contributed by atoms with Gasteiger partial charge in [-0.2, -0.15) is 0 Å². The Hall–Kier alpha value is -3.07. The van der Waals surface area contributed by atoms with E-state index in [4.69, 9.17) is 23.7 Å². The largest absolute Gasteiger partial charge is 0.463 e. The summed E-state index contributed by atoms with van der Waals surface area (Å²) in [6.07, 6.45) is -4.24. The van der Waals surface area contributed by atoms with Gasteiger partial charge in [-0.3, -0.25) is 4.79 Å². The fourth-order valence-electron chi connectivity index (χ4n) is 4.10. The Labute approximate surface area is 211 Å². The molecule has 4 rings (SSSR count). The lowest BCUT2D eigenvalue weighted by Crippen LogP contribution is -2.61. The zero-order valence-electron chi connectivity index (χ0n) is 20.3. The Bertz CT molecular complexity index is 1040. The van der Waals surface area contributed by atoms with Crippen LogP contribution in [-0.2, 0) is 48.3 Å². The minimum atomic E-state index is -1.30. The van der Waals surface area contributed by atoms with E-state index in [1.807, 2.05) is 91.0 Å². The van der Waals surface area contributed by atoms with Crippen LogP contribution in [0.2, 0.25) is 0 Å². The van der Waals surface area contributed by atoms with Crippen LogP contribution in [0.25, 0.3) is 0 Å². The van der Waals surface area contributed by atoms with Crippen LogP contribution in [0.5, 0.6) is 0 Å². The second-order valence-electron chi connectivity index (χ2n) is 8.65. The maximum atomic E-state index is 11.5. The van der Waals surface area contributed by atoms with Gasteiger partial charge < -0.3 is 28.8 Å². The van der Waals surface area contributed by atoms with Crippen molar-refractivity contribution in [2.45, 2.75) is 57.5 Å². The predicted molar refractivity (Wildman–Crippen MR) is 133 cm³/mol. The molecule has 1 N–H and O–H groups in total. The summed E-state index contributed by atoms with van der Waals surface area (Å²) in [5.41, 5.74) is 2.90. The second kappa shape index (κ2) is 13.3. The van der Waals surface area contributed by atoms with E-state index in [1.54, 1.807) is 0 Å². The first-order valence-electron chi connectivity index (χ1n) is 12.0. The summed E-state index contributed by atoms with van der Waals surface area (Å²) in [7, 11) is 0. The van der Waals surface area contributed by atoms with E-state index in [2.05, 4.69) is 0 Å². The molecule has 3 unspecified atom stereocenters. The number of benzene rings is 3. The smallest absolute Gasteiger partial charge is 0.302 e. The lowest BCUT2D eigenvalue weighted by Gasteiger charge is -2.44. The monoisotopic (exact) mass is 492 g/mol. The van der Waals surface area contributed by atoms with Gasteiger partial charge in [0.15, 0.2) is 6.29 Å². The number of rotatable bonds is 11. The van der Waals surface area contributed by atoms with Gasteiger partial charge in [0.2, 0.25) is 0 Å². The van der Waals surface area contributed by atoms with Gasteiger partial charge in [-0.1, -0.05) is 91.0 Å². The molecule has 0 spiro atoms. The fraction of sp³-hybridized carbons (Fsp3) is 0.345. The third-order valence-electron chi connectivity index (χ3n) is 5.92. The number of hydrogen-bond donors (Lipinski definition) is 1. The SMILES string of the molecule is CC(=O)OCC1OC(O)C(OCc2ccccc2)[C@H](OCc2ccccc2)[C@H]1OCc1ccccc1. The Morgan fingerprint density at radius 2 is 1.11 bits per heavy atom. The molecule has 190 valence electrons. The highest BCUT2D eigenvalue weighted by Gasteiger charge is 2.48. The quantitative estimate of drug-likeness (QED) is 0.405. The second-order valence-corrected chi connectivity index (χ2v) is 8.65. The molecule has 1 saturated heterocycles. The zero-order chi connectivity index (χ0) is 25.2. The van der Waals surface area contributed by atoms with E-state index in [0.29, 0.717) is 0 Å². The van der Waals surface area contributed by atoms with Crippen molar-refractivity contribution in [3.8, 4) is 0 Å². The van der Waals surface area contributed by atoms with E-state index in [1.165, 1.54) is 6.92 Å². The Morgan fingerprint density at radius 1 is 0.694 bits per heavy atom. The Morgan fingerprint density at radius 3 is 1.56 bits per heavy atom. The van der Waals surface area contributed by atoms with Crippen LogP contribution < -0.4 is 0 Å². The van der Waals surface area contributed by atoms with Gasteiger partial charge in [0.25, 0.3) is 0 Å². The van der Waals surface area contributed by atoms with Gasteiger partial charge in [0, 0.05) is 6.92 Å². The maximum Gasteiger partial charge on any atom is 0.302 e. The molecule has 3 aromatic carbocycles. The highest BCUT2D eigenvalue weighted by atomic mass is 16.7. The van der Waals surface area contributed by atoms with Crippen molar-refractivity contribution in [1.82, 2.24) is 0 Å². The van der Waals surface area contributed by atoms with Crippen LogP contribution in [0.3, 0.4) is 0 Å². The lowest BCUT2D eigenvalue weighted by atomic mass is 9.98. The number of aliphatic hydroxyl groups is 1. The molecule has 7 nitrogen and oxygen atoms in total. The molecule has 7 heteroatoms. The number of esters is 1. The van der Waals surface area contributed by atoms with E-state index in [-0.39, 0.29) is 26.4 Å². The van der Waals surface area contributed by atoms with Crippen LogP contribution in [0.4, 0.5) is 0 Å². The van der Waals surface area contributed by atoms with Crippen molar-refractivity contribution in [2.75, 3.05) is 6.61 Å². The zero-order valence-corrected chi connectivity index (χ0v) is 20.3. The van der Waals surface area contributed by atoms with Crippen molar-refractivity contribution >= 4 is 5.97 Å². The van der Waals surface area contributed by atoms with Gasteiger partial charge in [-0.15, -0.1) is 0 Å². The summed E-state index contributed by atoms with van der Waals surface area (Å²) in [4.78, 5) is 11.5. The van der Waals surface area contributed by atoms with Gasteiger partial charge in [0.1, 0.15) is 31.0 Å². The molecule has 1 fully saturated rings. The summed E-state index contributed by atoms with van der Waals surface area (Å²) >= 11 is 0. The first kappa shape index (κ1) is 26.0. The van der Waals surface area contributed by atoms with Gasteiger partial charge in [-0.25, -0.2) is 0 Å². The van der Waals surface area contributed by atoms with E-state index >= 15 is 0 Å². The standard InChI is InChI=1S/C29H32O7/c1-21(30)32-20-25-26(33-17-22-11-5-2-6-12-22)27(34-18-23-13-7-3-8-14-23)28(29(31)36-25)35-19-24-15-9-4-10-16-24/h2-16,25-29,31H,17-20H2,1H3/t25?,26-,27+,28?,29?/m0/s1. The fourth-order valence-corrected chi connectivity index (χ4v) is 4.10. The molecule has 0 aliphatic carbocycles. The van der Waals surface area contributed by atoms with Crippen molar-refractivity contribution in [3.63, 3.8) is 0 Å². The van der Waals surface area contributed by atoms with E-state index in [0.717, 1.165) is 16.7 Å². The summed E-state index contributed by atoms with van der Waals surface area (Å²) in [6, 6.07) is 29.2. The first-order chi connectivity index (χ1) is 17.6. The molecule has 0 radical (unpaired) electrons. The topological polar surface area (TPSA) is 83.5 Å². The average molecular weight is 493 g/mol. The number of hydrogen-bond acceptors (Lipinski definition) is 7. The molecule has 1 heterocycles.